The summed E-state index contributed by atoms with van der Waals surface area (Å²) in [6.07, 6.45) is 0. The number of carbonyl (C=O) groups is 2. The van der Waals surface area contributed by atoms with Crippen molar-refractivity contribution in [3.8, 4) is 0 Å². The van der Waals surface area contributed by atoms with E-state index in [-0.39, 0.29) is 11.8 Å². The predicted molar refractivity (Wildman–Crippen MR) is 124 cm³/mol. The average molecular weight is 462 g/mol. The zero-order valence-electron chi connectivity index (χ0n) is 16.5. The molecule has 2 heterocycles. The summed E-state index contributed by atoms with van der Waals surface area (Å²) >= 11 is 13.9. The first-order valence-corrected chi connectivity index (χ1v) is 11.2. The minimum atomic E-state index is -0.0682. The van der Waals surface area contributed by atoms with Crippen molar-refractivity contribution in [1.82, 2.24) is 9.80 Å². The molecule has 0 bridgehead atoms. The van der Waals surface area contributed by atoms with Gasteiger partial charge in [-0.25, -0.2) is 0 Å². The molecule has 156 valence electrons. The molecule has 1 aliphatic heterocycles. The Hall–Kier alpha value is -2.12. The van der Waals surface area contributed by atoms with Gasteiger partial charge in [0.1, 0.15) is 4.88 Å². The van der Waals surface area contributed by atoms with Gasteiger partial charge in [0, 0.05) is 47.0 Å². The van der Waals surface area contributed by atoms with E-state index in [4.69, 9.17) is 23.2 Å². The van der Waals surface area contributed by atoms with Crippen LogP contribution in [0.4, 0.5) is 5.69 Å². The molecule has 0 atom stereocenters. The van der Waals surface area contributed by atoms with Crippen molar-refractivity contribution in [2.24, 2.45) is 0 Å². The summed E-state index contributed by atoms with van der Waals surface area (Å²) in [5.41, 5.74) is 1.86. The number of para-hydroxylation sites is 1. The van der Waals surface area contributed by atoms with Crippen LogP contribution in [0.3, 0.4) is 0 Å². The van der Waals surface area contributed by atoms with Gasteiger partial charge in [0.25, 0.3) is 5.91 Å². The van der Waals surface area contributed by atoms with Crippen LogP contribution >= 0.6 is 34.5 Å². The maximum atomic E-state index is 13.0. The highest BCUT2D eigenvalue weighted by atomic mass is 35.5. The molecule has 0 spiro atoms. The number of hydrogen-bond acceptors (Lipinski definition) is 4. The Balaban J connectivity index is 1.35. The summed E-state index contributed by atoms with van der Waals surface area (Å²) in [4.78, 5) is 29.8. The van der Waals surface area contributed by atoms with Crippen LogP contribution < -0.4 is 5.32 Å². The topological polar surface area (TPSA) is 52.7 Å². The highest BCUT2D eigenvalue weighted by molar-refractivity contribution is 7.21. The summed E-state index contributed by atoms with van der Waals surface area (Å²) in [5, 5.41) is 4.91. The Labute approximate surface area is 189 Å². The average Bonchev–Trinajstić information content (AvgIpc) is 3.05. The van der Waals surface area contributed by atoms with E-state index in [2.05, 4.69) is 10.2 Å². The first-order valence-electron chi connectivity index (χ1n) is 9.67. The molecular weight excluding hydrogens is 441 g/mol. The van der Waals surface area contributed by atoms with Gasteiger partial charge in [-0.1, -0.05) is 47.5 Å². The number of rotatable bonds is 4. The summed E-state index contributed by atoms with van der Waals surface area (Å²) in [6.45, 7) is 4.66. The summed E-state index contributed by atoms with van der Waals surface area (Å²) in [6, 6.07) is 13.2. The van der Waals surface area contributed by atoms with Gasteiger partial charge in [0.2, 0.25) is 5.91 Å². The van der Waals surface area contributed by atoms with Crippen molar-refractivity contribution in [3.63, 3.8) is 0 Å². The number of aryl methyl sites for hydroxylation is 1. The molecular formula is C22H21Cl2N3O2S. The predicted octanol–water partition coefficient (Wildman–Crippen LogP) is 4.91. The normalized spacial score (nSPS) is 14.8. The van der Waals surface area contributed by atoms with Crippen LogP contribution in [0.5, 0.6) is 0 Å². The van der Waals surface area contributed by atoms with Gasteiger partial charge in [0.15, 0.2) is 0 Å². The fourth-order valence-corrected chi connectivity index (χ4v) is 5.29. The Morgan fingerprint density at radius 3 is 2.53 bits per heavy atom. The van der Waals surface area contributed by atoms with E-state index in [0.717, 1.165) is 21.3 Å². The Morgan fingerprint density at radius 2 is 1.80 bits per heavy atom. The first kappa shape index (κ1) is 21.1. The molecule has 8 heteroatoms. The second kappa shape index (κ2) is 8.94. The third-order valence-corrected chi connectivity index (χ3v) is 7.11. The van der Waals surface area contributed by atoms with Crippen LogP contribution in [0.1, 0.15) is 15.2 Å². The number of benzene rings is 2. The maximum absolute atomic E-state index is 13.0. The molecule has 1 fully saturated rings. The highest BCUT2D eigenvalue weighted by Crippen LogP contribution is 2.37. The zero-order chi connectivity index (χ0) is 21.3. The van der Waals surface area contributed by atoms with E-state index in [1.165, 1.54) is 11.3 Å². The summed E-state index contributed by atoms with van der Waals surface area (Å²) in [7, 11) is 0. The quantitative estimate of drug-likeness (QED) is 0.600. The lowest BCUT2D eigenvalue weighted by Gasteiger charge is -2.34. The molecule has 1 N–H and O–H groups in total. The van der Waals surface area contributed by atoms with Gasteiger partial charge in [-0.3, -0.25) is 14.5 Å². The molecule has 4 rings (SSSR count). The lowest BCUT2D eigenvalue weighted by atomic mass is 10.2. The molecule has 0 unspecified atom stereocenters. The molecule has 30 heavy (non-hydrogen) atoms. The Kier molecular flexibility index (Phi) is 6.29. The lowest BCUT2D eigenvalue weighted by Crippen LogP contribution is -2.50. The van der Waals surface area contributed by atoms with Crippen molar-refractivity contribution in [1.29, 1.82) is 0 Å². The van der Waals surface area contributed by atoms with E-state index in [9.17, 15) is 9.59 Å². The van der Waals surface area contributed by atoms with Gasteiger partial charge in [0.05, 0.1) is 11.6 Å². The third-order valence-electron chi connectivity index (χ3n) is 5.23. The lowest BCUT2D eigenvalue weighted by molar-refractivity contribution is -0.117. The van der Waals surface area contributed by atoms with E-state index >= 15 is 0 Å². The number of piperazine rings is 1. The van der Waals surface area contributed by atoms with Crippen molar-refractivity contribution in [2.75, 3.05) is 38.0 Å². The number of anilines is 1. The van der Waals surface area contributed by atoms with Gasteiger partial charge in [-0.15, -0.1) is 11.3 Å². The Morgan fingerprint density at radius 1 is 1.07 bits per heavy atom. The number of halogens is 2. The number of fused-ring (bicyclic) bond motifs is 1. The largest absolute Gasteiger partial charge is 0.335 e. The van der Waals surface area contributed by atoms with E-state index < -0.39 is 0 Å². The summed E-state index contributed by atoms with van der Waals surface area (Å²) in [5.74, 6) is -0.116. The van der Waals surface area contributed by atoms with Gasteiger partial charge >= 0.3 is 0 Å². The van der Waals surface area contributed by atoms with E-state index in [1.807, 2.05) is 43.3 Å². The second-order valence-corrected chi connectivity index (χ2v) is 9.18. The fraction of sp³-hybridized carbons (Fsp3) is 0.273. The molecule has 0 radical (unpaired) electrons. The van der Waals surface area contributed by atoms with Gasteiger partial charge in [-0.2, -0.15) is 0 Å². The molecule has 1 aliphatic rings. The molecule has 2 aromatic carbocycles. The minimum Gasteiger partial charge on any atom is -0.335 e. The number of hydrogen-bond donors (Lipinski definition) is 1. The zero-order valence-corrected chi connectivity index (χ0v) is 18.8. The van der Waals surface area contributed by atoms with Crippen LogP contribution in [0.15, 0.2) is 42.5 Å². The van der Waals surface area contributed by atoms with Gasteiger partial charge < -0.3 is 10.2 Å². The molecule has 0 aliphatic carbocycles. The number of carbonyl (C=O) groups excluding carboxylic acids is 2. The standard InChI is InChI=1S/C22H21Cl2N3O2S/c1-14-4-2-3-5-17(14)25-19(28)13-26-8-10-27(11-9-26)22(29)21-20(24)16-7-6-15(23)12-18(16)30-21/h2-7,12H,8-11,13H2,1H3,(H,25,28). The second-order valence-electron chi connectivity index (χ2n) is 7.32. The molecule has 1 aromatic heterocycles. The molecule has 3 aromatic rings. The van der Waals surface area contributed by atoms with Crippen molar-refractivity contribution >= 4 is 62.1 Å². The number of nitrogens with one attached hydrogen (secondary N) is 1. The molecule has 2 amide bonds. The van der Waals surface area contributed by atoms with Crippen LogP contribution in [0.2, 0.25) is 10.0 Å². The summed E-state index contributed by atoms with van der Waals surface area (Å²) < 4.78 is 0.905. The van der Waals surface area contributed by atoms with Gasteiger partial charge in [-0.05, 0) is 30.7 Å². The Bertz CT molecular complexity index is 1110. The van der Waals surface area contributed by atoms with Crippen LogP contribution in [0.25, 0.3) is 10.1 Å². The van der Waals surface area contributed by atoms with E-state index in [1.54, 1.807) is 11.0 Å². The van der Waals surface area contributed by atoms with Crippen LogP contribution in [0, 0.1) is 6.92 Å². The van der Waals surface area contributed by atoms with Crippen LogP contribution in [-0.2, 0) is 4.79 Å². The number of thiophene rings is 1. The SMILES string of the molecule is Cc1ccccc1NC(=O)CN1CCN(C(=O)c2sc3cc(Cl)ccc3c2Cl)CC1. The van der Waals surface area contributed by atoms with Crippen molar-refractivity contribution in [2.45, 2.75) is 6.92 Å². The fourth-order valence-electron chi connectivity index (χ4n) is 3.54. The molecule has 1 saturated heterocycles. The first-order chi connectivity index (χ1) is 14.4. The minimum absolute atomic E-state index is 0.0477. The maximum Gasteiger partial charge on any atom is 0.265 e. The van der Waals surface area contributed by atoms with E-state index in [0.29, 0.717) is 47.6 Å². The molecule has 5 nitrogen and oxygen atoms in total. The monoisotopic (exact) mass is 461 g/mol. The third kappa shape index (κ3) is 4.47. The van der Waals surface area contributed by atoms with Crippen molar-refractivity contribution < 1.29 is 9.59 Å². The van der Waals surface area contributed by atoms with Crippen molar-refractivity contribution in [3.05, 3.63) is 63.0 Å². The number of nitrogens with zero attached hydrogens (tertiary/aromatic N) is 2. The van der Waals surface area contributed by atoms with Crippen LogP contribution in [-0.4, -0.2) is 54.3 Å². The molecule has 0 saturated carbocycles. The smallest absolute Gasteiger partial charge is 0.265 e. The highest BCUT2D eigenvalue weighted by Gasteiger charge is 2.26. The number of amides is 2.